The van der Waals surface area contributed by atoms with E-state index in [1.54, 1.807) is 18.2 Å². The normalized spacial score (nSPS) is 11.2. The molecule has 0 heterocycles. The SMILES string of the molecule is CC(=O)c1ccc(S(=O)(=O)N(C)CC(=O)NCC(=O)Nc2ccc(C)cc2Cl)cc1. The van der Waals surface area contributed by atoms with Gasteiger partial charge in [-0.15, -0.1) is 0 Å². The molecule has 10 heteroatoms. The molecule has 0 aliphatic heterocycles. The Morgan fingerprint density at radius 1 is 1.03 bits per heavy atom. The number of benzene rings is 2. The lowest BCUT2D eigenvalue weighted by molar-refractivity contribution is -0.124. The minimum absolute atomic E-state index is 0.0467. The molecule has 0 aromatic heterocycles. The fourth-order valence-corrected chi connectivity index (χ4v) is 3.89. The summed E-state index contributed by atoms with van der Waals surface area (Å²) in [5.41, 5.74) is 1.73. The summed E-state index contributed by atoms with van der Waals surface area (Å²) in [6.07, 6.45) is 0. The third kappa shape index (κ3) is 6.12. The van der Waals surface area contributed by atoms with E-state index in [0.717, 1.165) is 9.87 Å². The van der Waals surface area contributed by atoms with Gasteiger partial charge in [-0.05, 0) is 43.7 Å². The Balaban J connectivity index is 1.91. The number of carbonyl (C=O) groups is 3. The van der Waals surface area contributed by atoms with E-state index in [1.165, 1.54) is 38.2 Å². The lowest BCUT2D eigenvalue weighted by atomic mass is 10.2. The highest BCUT2D eigenvalue weighted by Crippen LogP contribution is 2.22. The van der Waals surface area contributed by atoms with E-state index in [-0.39, 0.29) is 17.2 Å². The van der Waals surface area contributed by atoms with Crippen molar-refractivity contribution in [1.82, 2.24) is 9.62 Å². The number of nitrogens with zero attached hydrogens (tertiary/aromatic N) is 1. The van der Waals surface area contributed by atoms with Crippen LogP contribution in [0.3, 0.4) is 0 Å². The van der Waals surface area contributed by atoms with Crippen molar-refractivity contribution in [2.24, 2.45) is 0 Å². The minimum Gasteiger partial charge on any atom is -0.346 e. The van der Waals surface area contributed by atoms with Crippen molar-refractivity contribution >= 4 is 44.9 Å². The molecule has 0 saturated carbocycles. The van der Waals surface area contributed by atoms with Crippen LogP contribution in [0.4, 0.5) is 5.69 Å². The van der Waals surface area contributed by atoms with Gasteiger partial charge in [-0.3, -0.25) is 14.4 Å². The molecule has 2 amide bonds. The average molecular weight is 452 g/mol. The topological polar surface area (TPSA) is 113 Å². The first-order valence-corrected chi connectivity index (χ1v) is 10.7. The van der Waals surface area contributed by atoms with E-state index in [0.29, 0.717) is 16.3 Å². The number of hydrogen-bond acceptors (Lipinski definition) is 5. The molecule has 2 aromatic carbocycles. The number of carbonyl (C=O) groups excluding carboxylic acids is 3. The molecule has 0 spiro atoms. The van der Waals surface area contributed by atoms with Gasteiger partial charge in [0.1, 0.15) is 0 Å². The highest BCUT2D eigenvalue weighted by molar-refractivity contribution is 7.89. The predicted molar refractivity (Wildman–Crippen MR) is 114 cm³/mol. The fraction of sp³-hybridized carbons (Fsp3) is 0.250. The van der Waals surface area contributed by atoms with Crippen LogP contribution < -0.4 is 10.6 Å². The zero-order valence-corrected chi connectivity index (χ0v) is 18.3. The quantitative estimate of drug-likeness (QED) is 0.597. The molecular weight excluding hydrogens is 430 g/mol. The predicted octanol–water partition coefficient (Wildman–Crippen LogP) is 2.23. The second-order valence-electron chi connectivity index (χ2n) is 6.65. The van der Waals surface area contributed by atoms with Crippen molar-refractivity contribution in [1.29, 1.82) is 0 Å². The molecule has 0 aliphatic carbocycles. The van der Waals surface area contributed by atoms with E-state index in [1.807, 2.05) is 6.92 Å². The molecule has 0 fully saturated rings. The van der Waals surface area contributed by atoms with Gasteiger partial charge in [0.15, 0.2) is 5.78 Å². The smallest absolute Gasteiger partial charge is 0.243 e. The first kappa shape index (κ1) is 23.5. The zero-order chi connectivity index (χ0) is 22.5. The standard InChI is InChI=1S/C20H22ClN3O5S/c1-13-4-9-18(17(21)10-13)23-19(26)11-22-20(27)12-24(3)30(28,29)16-7-5-15(6-8-16)14(2)25/h4-10H,11-12H2,1-3H3,(H,22,27)(H,23,26). The van der Waals surface area contributed by atoms with Crippen LogP contribution in [0.2, 0.25) is 5.02 Å². The molecule has 160 valence electrons. The first-order valence-electron chi connectivity index (χ1n) is 8.90. The van der Waals surface area contributed by atoms with Crippen molar-refractivity contribution in [2.45, 2.75) is 18.7 Å². The van der Waals surface area contributed by atoms with Crippen molar-refractivity contribution < 1.29 is 22.8 Å². The van der Waals surface area contributed by atoms with Gasteiger partial charge >= 0.3 is 0 Å². The summed E-state index contributed by atoms with van der Waals surface area (Å²) in [4.78, 5) is 35.3. The van der Waals surface area contributed by atoms with Crippen molar-refractivity contribution in [3.8, 4) is 0 Å². The molecular formula is C20H22ClN3O5S. The summed E-state index contributed by atoms with van der Waals surface area (Å²) >= 11 is 6.05. The Labute approximate surface area is 180 Å². The highest BCUT2D eigenvalue weighted by atomic mass is 35.5. The van der Waals surface area contributed by atoms with Gasteiger partial charge in [-0.1, -0.05) is 29.8 Å². The molecule has 0 saturated heterocycles. The van der Waals surface area contributed by atoms with Gasteiger partial charge in [0.2, 0.25) is 21.8 Å². The lowest BCUT2D eigenvalue weighted by Crippen LogP contribution is -2.41. The number of sulfonamides is 1. The maximum atomic E-state index is 12.6. The monoisotopic (exact) mass is 451 g/mol. The molecule has 0 bridgehead atoms. The number of Topliss-reactive ketones (excluding diaryl/α,β-unsaturated/α-hetero) is 1. The summed E-state index contributed by atoms with van der Waals surface area (Å²) in [7, 11) is -2.68. The summed E-state index contributed by atoms with van der Waals surface area (Å²) in [5, 5.41) is 5.31. The van der Waals surface area contributed by atoms with E-state index in [9.17, 15) is 22.8 Å². The maximum absolute atomic E-state index is 12.6. The number of likely N-dealkylation sites (N-methyl/N-ethyl adjacent to an activating group) is 1. The van der Waals surface area contributed by atoms with Crippen molar-refractivity contribution in [2.75, 3.05) is 25.5 Å². The molecule has 0 radical (unpaired) electrons. The number of aryl methyl sites for hydroxylation is 1. The summed E-state index contributed by atoms with van der Waals surface area (Å²) in [6.45, 7) is 2.42. The Bertz CT molecular complexity index is 1070. The van der Waals surface area contributed by atoms with Crippen molar-refractivity contribution in [3.63, 3.8) is 0 Å². The molecule has 2 rings (SSSR count). The Morgan fingerprint density at radius 3 is 2.23 bits per heavy atom. The molecule has 2 aromatic rings. The molecule has 0 unspecified atom stereocenters. The van der Waals surface area contributed by atoms with Crippen LogP contribution in [0, 0.1) is 6.92 Å². The number of amides is 2. The van der Waals surface area contributed by atoms with E-state index < -0.39 is 28.4 Å². The lowest BCUT2D eigenvalue weighted by Gasteiger charge is -2.17. The third-order valence-electron chi connectivity index (χ3n) is 4.18. The minimum atomic E-state index is -3.93. The van der Waals surface area contributed by atoms with Gasteiger partial charge in [0.05, 0.1) is 28.7 Å². The molecule has 0 atom stereocenters. The summed E-state index contributed by atoms with van der Waals surface area (Å²) in [5.74, 6) is -1.33. The van der Waals surface area contributed by atoms with Gasteiger partial charge in [0, 0.05) is 12.6 Å². The summed E-state index contributed by atoms with van der Waals surface area (Å²) in [6, 6.07) is 10.5. The highest BCUT2D eigenvalue weighted by Gasteiger charge is 2.23. The van der Waals surface area contributed by atoms with Crippen LogP contribution in [-0.2, 0) is 19.6 Å². The van der Waals surface area contributed by atoms with Crippen molar-refractivity contribution in [3.05, 3.63) is 58.6 Å². The fourth-order valence-electron chi connectivity index (χ4n) is 2.48. The number of halogens is 1. The van der Waals surface area contributed by atoms with Gasteiger partial charge in [0.25, 0.3) is 0 Å². The molecule has 8 nitrogen and oxygen atoms in total. The zero-order valence-electron chi connectivity index (χ0n) is 16.7. The number of hydrogen-bond donors (Lipinski definition) is 2. The maximum Gasteiger partial charge on any atom is 0.243 e. The first-order chi connectivity index (χ1) is 14.0. The number of rotatable bonds is 8. The van der Waals surface area contributed by atoms with E-state index in [2.05, 4.69) is 10.6 Å². The molecule has 2 N–H and O–H groups in total. The Morgan fingerprint density at radius 2 is 1.67 bits per heavy atom. The number of nitrogens with one attached hydrogen (secondary N) is 2. The van der Waals surface area contributed by atoms with Crippen LogP contribution in [0.1, 0.15) is 22.8 Å². The Hall–Kier alpha value is -2.75. The van der Waals surface area contributed by atoms with Gasteiger partial charge in [-0.25, -0.2) is 8.42 Å². The molecule has 0 aliphatic rings. The van der Waals surface area contributed by atoms with Gasteiger partial charge in [-0.2, -0.15) is 4.31 Å². The largest absolute Gasteiger partial charge is 0.346 e. The van der Waals surface area contributed by atoms with Crippen LogP contribution in [0.15, 0.2) is 47.4 Å². The van der Waals surface area contributed by atoms with Crippen LogP contribution in [0.5, 0.6) is 0 Å². The second kappa shape index (κ2) is 9.84. The molecule has 30 heavy (non-hydrogen) atoms. The number of anilines is 1. The van der Waals surface area contributed by atoms with Crippen LogP contribution in [0.25, 0.3) is 0 Å². The summed E-state index contributed by atoms with van der Waals surface area (Å²) < 4.78 is 26.0. The average Bonchev–Trinajstić information content (AvgIpc) is 2.68. The third-order valence-corrected chi connectivity index (χ3v) is 6.31. The van der Waals surface area contributed by atoms with E-state index >= 15 is 0 Å². The van der Waals surface area contributed by atoms with Gasteiger partial charge < -0.3 is 10.6 Å². The second-order valence-corrected chi connectivity index (χ2v) is 9.10. The Kier molecular flexibility index (Phi) is 7.71. The number of ketones is 1. The van der Waals surface area contributed by atoms with Crippen LogP contribution >= 0.6 is 11.6 Å². The van der Waals surface area contributed by atoms with E-state index in [4.69, 9.17) is 11.6 Å². The van der Waals surface area contributed by atoms with Crippen LogP contribution in [-0.4, -0.2) is 50.5 Å².